The van der Waals surface area contributed by atoms with Gasteiger partial charge in [-0.25, -0.2) is 0 Å². The molecule has 0 fully saturated rings. The molecule has 0 radical (unpaired) electrons. The molecule has 6 heteroatoms. The quantitative estimate of drug-likeness (QED) is 0.633. The Balaban J connectivity index is 0.00000120. The van der Waals surface area contributed by atoms with Gasteiger partial charge in [-0.2, -0.15) is 8.42 Å². The summed E-state index contributed by atoms with van der Waals surface area (Å²) in [5, 5.41) is 0.326. The molecule has 0 saturated heterocycles. The van der Waals surface area contributed by atoms with Crippen LogP contribution in [-0.4, -0.2) is 47.8 Å². The first kappa shape index (κ1) is 14.1. The monoisotopic (exact) mass is 276 g/mol. The molecule has 0 aliphatic heterocycles. The fourth-order valence-electron chi connectivity index (χ4n) is 2.46. The minimum absolute atomic E-state index is 0. The van der Waals surface area contributed by atoms with Gasteiger partial charge in [0.25, 0.3) is 10.1 Å². The number of hydrogen-bond acceptors (Lipinski definition) is 3. The van der Waals surface area contributed by atoms with Crippen LogP contribution in [0.3, 0.4) is 0 Å². The fourth-order valence-corrected chi connectivity index (χ4v) is 3.23. The maximum atomic E-state index is 11.1. The predicted octanol–water partition coefficient (Wildman–Crippen LogP) is 1.53. The standard InChI is InChI=1S/C12H12O4S.Na.H/c13-17(14,15)8-5-6-10-9-3-1-2-4-11(9)16-12(10)7-8;;/h1-4,8H,5-7H2,(H,13,14,15);;. The maximum absolute atomic E-state index is 11.1. The van der Waals surface area contributed by atoms with Gasteiger partial charge in [0.1, 0.15) is 11.3 Å². The molecule has 4 nitrogen and oxygen atoms in total. The van der Waals surface area contributed by atoms with Crippen molar-refractivity contribution < 1.29 is 17.4 Å². The van der Waals surface area contributed by atoms with Crippen LogP contribution in [0.15, 0.2) is 28.7 Å². The summed E-state index contributed by atoms with van der Waals surface area (Å²) in [6.07, 6.45) is 1.36. The van der Waals surface area contributed by atoms with E-state index in [4.69, 9.17) is 8.97 Å². The summed E-state index contributed by atoms with van der Waals surface area (Å²) in [5.74, 6) is 0.695. The van der Waals surface area contributed by atoms with Crippen molar-refractivity contribution in [3.63, 3.8) is 0 Å². The molecular weight excluding hydrogens is 263 g/mol. The van der Waals surface area contributed by atoms with Crippen molar-refractivity contribution in [2.45, 2.75) is 24.5 Å². The van der Waals surface area contributed by atoms with Gasteiger partial charge in [-0.15, -0.1) is 0 Å². The third-order valence-electron chi connectivity index (χ3n) is 3.33. The molecule has 18 heavy (non-hydrogen) atoms. The van der Waals surface area contributed by atoms with Crippen molar-refractivity contribution in [1.29, 1.82) is 0 Å². The van der Waals surface area contributed by atoms with E-state index in [0.29, 0.717) is 18.6 Å². The number of hydrogen-bond donors (Lipinski definition) is 1. The normalized spacial score (nSPS) is 19.3. The summed E-state index contributed by atoms with van der Waals surface area (Å²) in [6, 6.07) is 7.67. The van der Waals surface area contributed by atoms with Crippen molar-refractivity contribution in [2.24, 2.45) is 0 Å². The van der Waals surface area contributed by atoms with E-state index < -0.39 is 15.4 Å². The van der Waals surface area contributed by atoms with Crippen LogP contribution in [0.5, 0.6) is 0 Å². The number of rotatable bonds is 1. The molecule has 1 N–H and O–H groups in total. The summed E-state index contributed by atoms with van der Waals surface area (Å²) >= 11 is 0. The molecule has 3 rings (SSSR count). The van der Waals surface area contributed by atoms with E-state index in [9.17, 15) is 8.42 Å². The van der Waals surface area contributed by atoms with E-state index in [1.807, 2.05) is 24.3 Å². The van der Waals surface area contributed by atoms with E-state index >= 15 is 0 Å². The molecule has 1 aromatic carbocycles. The predicted molar refractivity (Wildman–Crippen MR) is 70.7 cm³/mol. The summed E-state index contributed by atoms with van der Waals surface area (Å²) in [6.45, 7) is 0. The van der Waals surface area contributed by atoms with Crippen LogP contribution in [0.1, 0.15) is 17.7 Å². The summed E-state index contributed by atoms with van der Waals surface area (Å²) < 4.78 is 37.0. The summed E-state index contributed by atoms with van der Waals surface area (Å²) in [5.41, 5.74) is 1.87. The van der Waals surface area contributed by atoms with E-state index in [1.54, 1.807) is 0 Å². The molecule has 1 atom stereocenters. The van der Waals surface area contributed by atoms with Crippen molar-refractivity contribution in [3.05, 3.63) is 35.6 Å². The number of benzene rings is 1. The molecule has 1 heterocycles. The molecule has 0 saturated carbocycles. The first-order valence-corrected chi connectivity index (χ1v) is 7.01. The van der Waals surface area contributed by atoms with Gasteiger partial charge in [0.2, 0.25) is 0 Å². The molecule has 1 aromatic heterocycles. The van der Waals surface area contributed by atoms with Gasteiger partial charge in [-0.05, 0) is 18.9 Å². The van der Waals surface area contributed by atoms with Crippen LogP contribution in [-0.2, 0) is 23.0 Å². The Morgan fingerprint density at radius 3 is 2.72 bits per heavy atom. The Morgan fingerprint density at radius 1 is 1.28 bits per heavy atom. The van der Waals surface area contributed by atoms with E-state index in [-0.39, 0.29) is 36.0 Å². The van der Waals surface area contributed by atoms with Gasteiger partial charge >= 0.3 is 29.6 Å². The third-order valence-corrected chi connectivity index (χ3v) is 4.58. The number of para-hydroxylation sites is 1. The fraction of sp³-hybridized carbons (Fsp3) is 0.333. The van der Waals surface area contributed by atoms with Crippen molar-refractivity contribution in [2.75, 3.05) is 0 Å². The molecular formula is C12H13NaO4S. The Kier molecular flexibility index (Phi) is 3.90. The average Bonchev–Trinajstić information content (AvgIpc) is 2.65. The Labute approximate surface area is 127 Å². The van der Waals surface area contributed by atoms with Crippen LogP contribution >= 0.6 is 0 Å². The summed E-state index contributed by atoms with van der Waals surface area (Å²) in [4.78, 5) is 0. The first-order valence-electron chi connectivity index (χ1n) is 5.51. The van der Waals surface area contributed by atoms with Gasteiger partial charge in [-0.1, -0.05) is 18.2 Å². The molecule has 1 aliphatic carbocycles. The van der Waals surface area contributed by atoms with E-state index in [1.165, 1.54) is 0 Å². The molecule has 0 spiro atoms. The van der Waals surface area contributed by atoms with Gasteiger partial charge in [0.15, 0.2) is 0 Å². The Bertz CT molecular complexity index is 674. The SMILES string of the molecule is O=S(=O)(O)C1CCc2c(oc3ccccc23)C1.[NaH]. The molecule has 0 amide bonds. The minimum atomic E-state index is -3.97. The molecule has 0 bridgehead atoms. The Hall–Kier alpha value is -0.330. The number of aryl methyl sites for hydroxylation is 1. The van der Waals surface area contributed by atoms with Crippen LogP contribution in [0.2, 0.25) is 0 Å². The molecule has 92 valence electrons. The van der Waals surface area contributed by atoms with Gasteiger partial charge in [-0.3, -0.25) is 4.55 Å². The zero-order chi connectivity index (χ0) is 12.0. The second kappa shape index (κ2) is 4.98. The zero-order valence-electron chi connectivity index (χ0n) is 9.09. The van der Waals surface area contributed by atoms with E-state index in [2.05, 4.69) is 0 Å². The van der Waals surface area contributed by atoms with Gasteiger partial charge in [0.05, 0.1) is 5.25 Å². The summed E-state index contributed by atoms with van der Waals surface area (Å²) in [7, 11) is -3.97. The molecule has 2 aromatic rings. The third kappa shape index (κ3) is 2.38. The molecule has 1 unspecified atom stereocenters. The van der Waals surface area contributed by atoms with Crippen LogP contribution in [0, 0.1) is 0 Å². The second-order valence-electron chi connectivity index (χ2n) is 4.38. The van der Waals surface area contributed by atoms with Crippen molar-refractivity contribution in [1.82, 2.24) is 0 Å². The van der Waals surface area contributed by atoms with Crippen LogP contribution in [0.25, 0.3) is 11.0 Å². The van der Waals surface area contributed by atoms with E-state index in [0.717, 1.165) is 16.5 Å². The first-order chi connectivity index (χ1) is 8.05. The zero-order valence-corrected chi connectivity index (χ0v) is 9.90. The second-order valence-corrected chi connectivity index (χ2v) is 6.08. The van der Waals surface area contributed by atoms with Crippen LogP contribution < -0.4 is 0 Å². The van der Waals surface area contributed by atoms with Crippen molar-refractivity contribution in [3.8, 4) is 0 Å². The topological polar surface area (TPSA) is 67.5 Å². The number of fused-ring (bicyclic) bond motifs is 3. The number of furan rings is 1. The van der Waals surface area contributed by atoms with Gasteiger partial charge in [0, 0.05) is 17.4 Å². The molecule has 1 aliphatic rings. The van der Waals surface area contributed by atoms with Gasteiger partial charge < -0.3 is 4.42 Å². The average molecular weight is 276 g/mol. The van der Waals surface area contributed by atoms with Crippen molar-refractivity contribution >= 4 is 50.6 Å². The Morgan fingerprint density at radius 2 is 2.00 bits per heavy atom. The van der Waals surface area contributed by atoms with Crippen LogP contribution in [0.4, 0.5) is 0 Å².